The summed E-state index contributed by atoms with van der Waals surface area (Å²) in [4.78, 5) is 11.0. The second kappa shape index (κ2) is 3.73. The highest BCUT2D eigenvalue weighted by Gasteiger charge is 2.13. The van der Waals surface area contributed by atoms with Crippen LogP contribution in [0.1, 0.15) is 10.4 Å². The van der Waals surface area contributed by atoms with Crippen molar-refractivity contribution in [3.05, 3.63) is 42.2 Å². The summed E-state index contributed by atoms with van der Waals surface area (Å²) < 4.78 is 1.72. The Bertz CT molecular complexity index is 544. The van der Waals surface area contributed by atoms with Gasteiger partial charge in [0.1, 0.15) is 0 Å². The summed E-state index contributed by atoms with van der Waals surface area (Å²) in [6, 6.07) is 7.19. The third-order valence-corrected chi connectivity index (χ3v) is 2.38. The molecule has 0 saturated heterocycles. The number of carboxylic acids is 1. The first-order valence-corrected chi connectivity index (χ1v) is 4.83. The monoisotopic (exact) mass is 216 g/mol. The van der Waals surface area contributed by atoms with Crippen LogP contribution in [0.25, 0.3) is 11.1 Å². The highest BCUT2D eigenvalue weighted by molar-refractivity contribution is 5.96. The highest BCUT2D eigenvalue weighted by atomic mass is 16.4. The molecule has 0 saturated carbocycles. The number of aromatic carboxylic acids is 1. The zero-order chi connectivity index (χ0) is 11.7. The number of nitrogen functional groups attached to an aromatic ring is 1. The molecule has 0 unspecified atom stereocenters. The Morgan fingerprint density at radius 2 is 2.12 bits per heavy atom. The highest BCUT2D eigenvalue weighted by Crippen LogP contribution is 2.25. The molecule has 0 aliphatic rings. The van der Waals surface area contributed by atoms with E-state index in [0.717, 1.165) is 5.56 Å². The van der Waals surface area contributed by atoms with E-state index in [-0.39, 0.29) is 5.56 Å². The molecule has 1 aromatic carbocycles. The molecule has 16 heavy (non-hydrogen) atoms. The van der Waals surface area contributed by atoms with Crippen molar-refractivity contribution in [2.24, 2.45) is 7.05 Å². The topological polar surface area (TPSA) is 68.2 Å². The molecule has 0 bridgehead atoms. The average Bonchev–Trinajstić information content (AvgIpc) is 2.60. The second-order valence-corrected chi connectivity index (χ2v) is 3.68. The van der Waals surface area contributed by atoms with Crippen molar-refractivity contribution in [1.82, 2.24) is 4.57 Å². The number of benzene rings is 1. The van der Waals surface area contributed by atoms with E-state index < -0.39 is 5.97 Å². The van der Waals surface area contributed by atoms with Crippen molar-refractivity contribution < 1.29 is 9.90 Å². The molecule has 2 aromatic rings. The van der Waals surface area contributed by atoms with E-state index in [9.17, 15) is 4.79 Å². The molecule has 0 amide bonds. The fourth-order valence-corrected chi connectivity index (χ4v) is 1.69. The summed E-state index contributed by atoms with van der Waals surface area (Å²) in [7, 11) is 1.79. The molecule has 4 nitrogen and oxygen atoms in total. The van der Waals surface area contributed by atoms with Crippen LogP contribution in [0.15, 0.2) is 36.7 Å². The third-order valence-electron chi connectivity index (χ3n) is 2.38. The Kier molecular flexibility index (Phi) is 2.40. The summed E-state index contributed by atoms with van der Waals surface area (Å²) in [5.41, 5.74) is 8.08. The number of nitrogens with two attached hydrogens (primary N) is 1. The van der Waals surface area contributed by atoms with Crippen LogP contribution in [-0.2, 0) is 7.05 Å². The summed E-state index contributed by atoms with van der Waals surface area (Å²) in [5.74, 6) is -0.932. The fraction of sp³-hybridized carbons (Fsp3) is 0.0833. The number of aryl methyl sites for hydroxylation is 1. The number of hydrogen-bond acceptors (Lipinski definition) is 2. The average molecular weight is 216 g/mol. The Balaban J connectivity index is 2.59. The summed E-state index contributed by atoms with van der Waals surface area (Å²) in [5, 5.41) is 9.07. The first kappa shape index (κ1) is 10.3. The van der Waals surface area contributed by atoms with Crippen LogP contribution in [-0.4, -0.2) is 15.6 Å². The molecule has 0 radical (unpaired) electrons. The summed E-state index contributed by atoms with van der Waals surface area (Å²) in [6.07, 6.45) is 3.36. The van der Waals surface area contributed by atoms with Crippen LogP contribution in [0, 0.1) is 0 Å². The van der Waals surface area contributed by atoms with Crippen molar-refractivity contribution in [2.75, 3.05) is 5.73 Å². The minimum atomic E-state index is -0.932. The predicted molar refractivity (Wildman–Crippen MR) is 62.2 cm³/mol. The van der Waals surface area contributed by atoms with Gasteiger partial charge in [-0.25, -0.2) is 4.79 Å². The standard InChI is InChI=1S/C12H12N2O2/c1-14-6-10(11(7-14)12(15)16)8-3-2-4-9(13)5-8/h2-7H,13H2,1H3,(H,15,16). The molecule has 3 N–H and O–H groups in total. The van der Waals surface area contributed by atoms with E-state index >= 15 is 0 Å². The number of carbonyl (C=O) groups is 1. The molecule has 0 aliphatic carbocycles. The zero-order valence-electron chi connectivity index (χ0n) is 8.84. The number of rotatable bonds is 2. The van der Waals surface area contributed by atoms with Gasteiger partial charge in [-0.05, 0) is 17.7 Å². The van der Waals surface area contributed by atoms with Crippen LogP contribution in [0.5, 0.6) is 0 Å². The molecule has 0 fully saturated rings. The largest absolute Gasteiger partial charge is 0.478 e. The zero-order valence-corrected chi connectivity index (χ0v) is 8.84. The van der Waals surface area contributed by atoms with E-state index in [2.05, 4.69) is 0 Å². The fourth-order valence-electron chi connectivity index (χ4n) is 1.69. The van der Waals surface area contributed by atoms with E-state index in [1.54, 1.807) is 36.1 Å². The Morgan fingerprint density at radius 3 is 2.75 bits per heavy atom. The Labute approximate surface area is 92.9 Å². The number of hydrogen-bond donors (Lipinski definition) is 2. The number of nitrogens with zero attached hydrogens (tertiary/aromatic N) is 1. The first-order chi connectivity index (χ1) is 7.58. The molecule has 0 aliphatic heterocycles. The number of anilines is 1. The quantitative estimate of drug-likeness (QED) is 0.754. The van der Waals surface area contributed by atoms with Crippen molar-refractivity contribution in [2.45, 2.75) is 0 Å². The van der Waals surface area contributed by atoms with Gasteiger partial charge in [0.2, 0.25) is 0 Å². The second-order valence-electron chi connectivity index (χ2n) is 3.68. The minimum absolute atomic E-state index is 0.285. The third kappa shape index (κ3) is 1.77. The maximum Gasteiger partial charge on any atom is 0.337 e. The number of aromatic nitrogens is 1. The molecular weight excluding hydrogens is 204 g/mol. The summed E-state index contributed by atoms with van der Waals surface area (Å²) >= 11 is 0. The molecular formula is C12H12N2O2. The molecule has 4 heteroatoms. The Hall–Kier alpha value is -2.23. The minimum Gasteiger partial charge on any atom is -0.478 e. The van der Waals surface area contributed by atoms with Gasteiger partial charge >= 0.3 is 5.97 Å². The van der Waals surface area contributed by atoms with Crippen LogP contribution in [0.2, 0.25) is 0 Å². The van der Waals surface area contributed by atoms with Crippen molar-refractivity contribution in [3.63, 3.8) is 0 Å². The number of carboxylic acid groups (broad SMARTS) is 1. The lowest BCUT2D eigenvalue weighted by molar-refractivity contribution is 0.0697. The molecule has 1 aromatic heterocycles. The van der Waals surface area contributed by atoms with E-state index in [0.29, 0.717) is 11.3 Å². The van der Waals surface area contributed by atoms with Crippen molar-refractivity contribution in [3.8, 4) is 11.1 Å². The van der Waals surface area contributed by atoms with Crippen LogP contribution >= 0.6 is 0 Å². The predicted octanol–water partition coefficient (Wildman–Crippen LogP) is 1.97. The lowest BCUT2D eigenvalue weighted by atomic mass is 10.0. The normalized spacial score (nSPS) is 10.3. The van der Waals surface area contributed by atoms with Gasteiger partial charge in [0.25, 0.3) is 0 Å². The van der Waals surface area contributed by atoms with Gasteiger partial charge in [-0.15, -0.1) is 0 Å². The smallest absolute Gasteiger partial charge is 0.337 e. The first-order valence-electron chi connectivity index (χ1n) is 4.83. The lowest BCUT2D eigenvalue weighted by Crippen LogP contribution is -1.96. The molecule has 82 valence electrons. The van der Waals surface area contributed by atoms with Gasteiger partial charge < -0.3 is 15.4 Å². The Morgan fingerprint density at radius 1 is 1.38 bits per heavy atom. The maximum atomic E-state index is 11.0. The van der Waals surface area contributed by atoms with E-state index in [1.165, 1.54) is 0 Å². The van der Waals surface area contributed by atoms with Crippen molar-refractivity contribution in [1.29, 1.82) is 0 Å². The van der Waals surface area contributed by atoms with Crippen LogP contribution < -0.4 is 5.73 Å². The van der Waals surface area contributed by atoms with Gasteiger partial charge in [0.05, 0.1) is 5.56 Å². The summed E-state index contributed by atoms with van der Waals surface area (Å²) in [6.45, 7) is 0. The molecule has 2 rings (SSSR count). The van der Waals surface area contributed by atoms with Crippen LogP contribution in [0.3, 0.4) is 0 Å². The van der Waals surface area contributed by atoms with E-state index in [1.807, 2.05) is 12.1 Å². The van der Waals surface area contributed by atoms with Crippen LogP contribution in [0.4, 0.5) is 5.69 Å². The molecule has 0 spiro atoms. The molecule has 0 atom stereocenters. The lowest BCUT2D eigenvalue weighted by Gasteiger charge is -2.01. The maximum absolute atomic E-state index is 11.0. The van der Waals surface area contributed by atoms with Gasteiger partial charge in [-0.3, -0.25) is 0 Å². The van der Waals surface area contributed by atoms with Crippen molar-refractivity contribution >= 4 is 11.7 Å². The van der Waals surface area contributed by atoms with Gasteiger partial charge in [-0.1, -0.05) is 12.1 Å². The van der Waals surface area contributed by atoms with Gasteiger partial charge in [0.15, 0.2) is 0 Å². The van der Waals surface area contributed by atoms with Gasteiger partial charge in [0, 0.05) is 30.7 Å². The molecule has 1 heterocycles. The van der Waals surface area contributed by atoms with E-state index in [4.69, 9.17) is 10.8 Å². The SMILES string of the molecule is Cn1cc(C(=O)O)c(-c2cccc(N)c2)c1. The van der Waals surface area contributed by atoms with Gasteiger partial charge in [-0.2, -0.15) is 0 Å².